The van der Waals surface area contributed by atoms with Crippen molar-refractivity contribution in [3.8, 4) is 29.3 Å². The molecule has 0 unspecified atom stereocenters. The Labute approximate surface area is 224 Å². The van der Waals surface area contributed by atoms with E-state index in [9.17, 15) is 0 Å². The highest BCUT2D eigenvalue weighted by molar-refractivity contribution is 7.29. The number of hydrogen-bond donors (Lipinski definition) is 0. The van der Waals surface area contributed by atoms with Crippen molar-refractivity contribution in [3.63, 3.8) is 0 Å². The van der Waals surface area contributed by atoms with Crippen molar-refractivity contribution >= 4 is 56.4 Å². The number of nitrogens with zero attached hydrogens (tertiary/aromatic N) is 2. The fraction of sp³-hybridized carbons (Fsp3) is 0.379. The first-order valence-corrected chi connectivity index (χ1v) is 16.1. The monoisotopic (exact) mass is 536 g/mol. The zero-order chi connectivity index (χ0) is 24.0. The van der Waals surface area contributed by atoms with Gasteiger partial charge in [0.25, 0.3) is 0 Å². The molecule has 5 heterocycles. The van der Waals surface area contributed by atoms with Crippen LogP contribution in [0.15, 0.2) is 47.2 Å². The fourth-order valence-electron chi connectivity index (χ4n) is 4.49. The van der Waals surface area contributed by atoms with Gasteiger partial charge < -0.3 is 0 Å². The van der Waals surface area contributed by atoms with Crippen LogP contribution in [0.4, 0.5) is 0 Å². The van der Waals surface area contributed by atoms with Crippen LogP contribution >= 0.6 is 45.3 Å². The summed E-state index contributed by atoms with van der Waals surface area (Å²) in [6, 6.07) is 13.2. The van der Waals surface area contributed by atoms with Gasteiger partial charge in [-0.1, -0.05) is 64.0 Å². The molecular formula is C29H32N2S4. The lowest BCUT2D eigenvalue weighted by Crippen LogP contribution is -1.98. The van der Waals surface area contributed by atoms with Crippen molar-refractivity contribution in [1.29, 1.82) is 0 Å². The highest BCUT2D eigenvalue weighted by atomic mass is 32.1. The van der Waals surface area contributed by atoms with E-state index in [0.29, 0.717) is 0 Å². The second-order valence-corrected chi connectivity index (χ2v) is 13.1. The topological polar surface area (TPSA) is 25.8 Å². The maximum Gasteiger partial charge on any atom is 0.109 e. The molecule has 0 aromatic carbocycles. The van der Waals surface area contributed by atoms with E-state index >= 15 is 0 Å². The molecule has 0 fully saturated rings. The molecule has 0 bridgehead atoms. The molecule has 2 nitrogen and oxygen atoms in total. The third-order valence-electron chi connectivity index (χ3n) is 6.41. The second kappa shape index (κ2) is 11.9. The minimum Gasteiger partial charge on any atom is -0.248 e. The van der Waals surface area contributed by atoms with Gasteiger partial charge in [0.2, 0.25) is 0 Å². The van der Waals surface area contributed by atoms with Crippen LogP contribution in [-0.2, 0) is 6.42 Å². The van der Waals surface area contributed by atoms with Gasteiger partial charge in [0, 0.05) is 19.5 Å². The van der Waals surface area contributed by atoms with E-state index in [4.69, 9.17) is 9.97 Å². The maximum atomic E-state index is 5.27. The number of aryl methyl sites for hydroxylation is 2. The van der Waals surface area contributed by atoms with Crippen LogP contribution in [-0.4, -0.2) is 9.97 Å². The van der Waals surface area contributed by atoms with Gasteiger partial charge >= 0.3 is 0 Å². The molecule has 182 valence electrons. The molecule has 35 heavy (non-hydrogen) atoms. The van der Waals surface area contributed by atoms with Gasteiger partial charge in [0.15, 0.2) is 0 Å². The average Bonchev–Trinajstić information content (AvgIpc) is 3.67. The number of fused-ring (bicyclic) bond motifs is 1. The Bertz CT molecular complexity index is 1340. The summed E-state index contributed by atoms with van der Waals surface area (Å²) in [6.45, 7) is 4.42. The Kier molecular flexibility index (Phi) is 8.45. The minimum absolute atomic E-state index is 1.03. The molecule has 5 aromatic heterocycles. The van der Waals surface area contributed by atoms with Crippen LogP contribution in [0.2, 0.25) is 0 Å². The van der Waals surface area contributed by atoms with Crippen molar-refractivity contribution in [1.82, 2.24) is 9.97 Å². The quantitative estimate of drug-likeness (QED) is 0.148. The molecule has 0 radical (unpaired) electrons. The summed E-state index contributed by atoms with van der Waals surface area (Å²) >= 11 is 7.31. The first-order valence-electron chi connectivity index (χ1n) is 12.7. The Hall–Kier alpha value is -1.86. The molecule has 0 saturated heterocycles. The van der Waals surface area contributed by atoms with Crippen molar-refractivity contribution in [2.24, 2.45) is 0 Å². The third-order valence-corrected chi connectivity index (χ3v) is 11.0. The third kappa shape index (κ3) is 5.77. The van der Waals surface area contributed by atoms with E-state index in [2.05, 4.69) is 61.0 Å². The van der Waals surface area contributed by atoms with Crippen molar-refractivity contribution in [2.45, 2.75) is 71.6 Å². The smallest absolute Gasteiger partial charge is 0.109 e. The summed E-state index contributed by atoms with van der Waals surface area (Å²) in [4.78, 5) is 18.2. The zero-order valence-electron chi connectivity index (χ0n) is 20.5. The molecule has 5 rings (SSSR count). The molecule has 5 aromatic rings. The number of unbranched alkanes of at least 4 members (excludes halogenated alkanes) is 7. The molecule has 0 spiro atoms. The maximum absolute atomic E-state index is 5.27. The molecule has 0 saturated carbocycles. The van der Waals surface area contributed by atoms with Gasteiger partial charge in [0.1, 0.15) is 11.0 Å². The van der Waals surface area contributed by atoms with Crippen molar-refractivity contribution < 1.29 is 0 Å². The number of hydrogen-bond acceptors (Lipinski definition) is 6. The predicted molar refractivity (Wildman–Crippen MR) is 158 cm³/mol. The summed E-state index contributed by atoms with van der Waals surface area (Å²) in [7, 11) is 0. The standard InChI is InChI=1S/C29H32N2S4/c1-3-4-5-6-7-8-9-10-13-21-20(2)30-26-27(31-21)29(35-28(26)24-15-12-19-33-24)25-17-16-23(34-25)22-14-11-18-32-22/h11-12,14-19H,3-10,13H2,1-2H3. The molecular weight excluding hydrogens is 505 g/mol. The van der Waals surface area contributed by atoms with Gasteiger partial charge in [-0.2, -0.15) is 0 Å². The second-order valence-electron chi connectivity index (χ2n) is 9.06. The van der Waals surface area contributed by atoms with E-state index in [-0.39, 0.29) is 0 Å². The van der Waals surface area contributed by atoms with Crippen LogP contribution in [0, 0.1) is 6.92 Å². The normalized spacial score (nSPS) is 11.6. The summed E-state index contributed by atoms with van der Waals surface area (Å²) in [6.07, 6.45) is 11.7. The molecule has 6 heteroatoms. The van der Waals surface area contributed by atoms with Gasteiger partial charge in [-0.3, -0.25) is 0 Å². The van der Waals surface area contributed by atoms with Gasteiger partial charge in [-0.25, -0.2) is 9.97 Å². The van der Waals surface area contributed by atoms with E-state index in [1.807, 2.05) is 22.7 Å². The summed E-state index contributed by atoms with van der Waals surface area (Å²) in [5.41, 5.74) is 4.41. The van der Waals surface area contributed by atoms with Crippen LogP contribution in [0.25, 0.3) is 40.3 Å². The molecule has 0 aliphatic rings. The van der Waals surface area contributed by atoms with Crippen molar-refractivity contribution in [2.75, 3.05) is 0 Å². The number of aromatic nitrogens is 2. The van der Waals surface area contributed by atoms with Gasteiger partial charge in [-0.05, 0) is 54.8 Å². The van der Waals surface area contributed by atoms with Gasteiger partial charge in [0.05, 0.1) is 21.1 Å². The lowest BCUT2D eigenvalue weighted by Gasteiger charge is -2.06. The zero-order valence-corrected chi connectivity index (χ0v) is 23.8. The largest absolute Gasteiger partial charge is 0.248 e. The lowest BCUT2D eigenvalue weighted by molar-refractivity contribution is 0.573. The van der Waals surface area contributed by atoms with Crippen LogP contribution in [0.5, 0.6) is 0 Å². The highest BCUT2D eigenvalue weighted by Crippen LogP contribution is 2.47. The molecule has 0 N–H and O–H groups in total. The van der Waals surface area contributed by atoms with E-state index in [0.717, 1.165) is 23.1 Å². The number of rotatable bonds is 12. The van der Waals surface area contributed by atoms with E-state index in [1.165, 1.54) is 86.3 Å². The SMILES string of the molecule is CCCCCCCCCCc1nc2c(-c3ccc(-c4cccs4)s3)sc(-c3cccs3)c2nc1C. The van der Waals surface area contributed by atoms with Gasteiger partial charge in [-0.15, -0.1) is 45.3 Å². The first-order chi connectivity index (χ1) is 17.2. The van der Waals surface area contributed by atoms with Crippen LogP contribution < -0.4 is 0 Å². The van der Waals surface area contributed by atoms with Crippen molar-refractivity contribution in [3.05, 3.63) is 58.5 Å². The lowest BCUT2D eigenvalue weighted by atomic mass is 10.1. The molecule has 0 aliphatic heterocycles. The van der Waals surface area contributed by atoms with E-state index < -0.39 is 0 Å². The average molecular weight is 537 g/mol. The highest BCUT2D eigenvalue weighted by Gasteiger charge is 2.21. The summed E-state index contributed by atoms with van der Waals surface area (Å²) in [5.74, 6) is 0. The molecule has 0 amide bonds. The summed E-state index contributed by atoms with van der Waals surface area (Å²) in [5, 5.41) is 4.30. The Morgan fingerprint density at radius 1 is 0.629 bits per heavy atom. The van der Waals surface area contributed by atoms with E-state index in [1.54, 1.807) is 22.7 Å². The Morgan fingerprint density at radius 3 is 1.97 bits per heavy atom. The van der Waals surface area contributed by atoms with Crippen LogP contribution in [0.1, 0.15) is 69.7 Å². The minimum atomic E-state index is 1.03. The number of thiophene rings is 4. The molecule has 0 atom stereocenters. The molecule has 0 aliphatic carbocycles. The Morgan fingerprint density at radius 2 is 1.26 bits per heavy atom. The Balaban J connectivity index is 1.41. The van der Waals surface area contributed by atoms with Crippen LogP contribution in [0.3, 0.4) is 0 Å². The summed E-state index contributed by atoms with van der Waals surface area (Å²) < 4.78 is 0. The first kappa shape index (κ1) is 24.8. The predicted octanol–water partition coefficient (Wildman–Crippen LogP) is 10.9. The fourth-order valence-corrected chi connectivity index (χ4v) is 8.47.